The van der Waals surface area contributed by atoms with Gasteiger partial charge < -0.3 is 10.5 Å². The van der Waals surface area contributed by atoms with Crippen LogP contribution in [0.4, 0.5) is 0 Å². The SMILES string of the molecule is CCCC1=CC=COC1C(N)=O. The average Bonchev–Trinajstić information content (AvgIpc) is 2.05. The van der Waals surface area contributed by atoms with E-state index >= 15 is 0 Å². The third kappa shape index (κ3) is 1.87. The van der Waals surface area contributed by atoms with Crippen molar-refractivity contribution in [1.82, 2.24) is 0 Å². The van der Waals surface area contributed by atoms with E-state index in [4.69, 9.17) is 10.5 Å². The fraction of sp³-hybridized carbons (Fsp3) is 0.444. The van der Waals surface area contributed by atoms with Gasteiger partial charge in [-0.15, -0.1) is 0 Å². The van der Waals surface area contributed by atoms with E-state index in [0.717, 1.165) is 18.4 Å². The number of nitrogens with two attached hydrogens (primary N) is 1. The minimum Gasteiger partial charge on any atom is -0.484 e. The first-order valence-electron chi connectivity index (χ1n) is 4.06. The molecule has 1 amide bonds. The summed E-state index contributed by atoms with van der Waals surface area (Å²) in [7, 11) is 0. The number of rotatable bonds is 3. The molecule has 0 spiro atoms. The second-order valence-corrected chi connectivity index (χ2v) is 2.74. The monoisotopic (exact) mass is 167 g/mol. The smallest absolute Gasteiger partial charge is 0.262 e. The molecule has 1 unspecified atom stereocenters. The first kappa shape index (κ1) is 8.84. The highest BCUT2D eigenvalue weighted by molar-refractivity contribution is 5.82. The van der Waals surface area contributed by atoms with Gasteiger partial charge in [-0.1, -0.05) is 19.4 Å². The van der Waals surface area contributed by atoms with E-state index in [2.05, 4.69) is 6.92 Å². The molecule has 1 rings (SSSR count). The second kappa shape index (κ2) is 3.95. The summed E-state index contributed by atoms with van der Waals surface area (Å²) in [5.41, 5.74) is 6.11. The molecule has 0 saturated heterocycles. The van der Waals surface area contributed by atoms with Crippen LogP contribution in [0.3, 0.4) is 0 Å². The van der Waals surface area contributed by atoms with Crippen LogP contribution in [0.25, 0.3) is 0 Å². The Labute approximate surface area is 71.9 Å². The van der Waals surface area contributed by atoms with E-state index in [1.165, 1.54) is 6.26 Å². The van der Waals surface area contributed by atoms with Gasteiger partial charge in [-0.25, -0.2) is 0 Å². The summed E-state index contributed by atoms with van der Waals surface area (Å²) in [5.74, 6) is -0.418. The normalized spacial score (nSPS) is 21.4. The van der Waals surface area contributed by atoms with Crippen LogP contribution in [0, 0.1) is 0 Å². The summed E-state index contributed by atoms with van der Waals surface area (Å²) in [6.45, 7) is 2.05. The predicted molar refractivity (Wildman–Crippen MR) is 46.2 cm³/mol. The van der Waals surface area contributed by atoms with Crippen molar-refractivity contribution in [1.29, 1.82) is 0 Å². The van der Waals surface area contributed by atoms with Crippen molar-refractivity contribution in [2.75, 3.05) is 0 Å². The van der Waals surface area contributed by atoms with Gasteiger partial charge in [0.1, 0.15) is 0 Å². The molecule has 0 saturated carbocycles. The molecule has 1 heterocycles. The van der Waals surface area contributed by atoms with Gasteiger partial charge in [0, 0.05) is 0 Å². The van der Waals surface area contributed by atoms with Crippen molar-refractivity contribution in [3.63, 3.8) is 0 Å². The van der Waals surface area contributed by atoms with Gasteiger partial charge in [0.15, 0.2) is 6.10 Å². The number of amides is 1. The molecule has 0 aromatic heterocycles. The lowest BCUT2D eigenvalue weighted by Gasteiger charge is -2.18. The molecule has 0 aromatic carbocycles. The van der Waals surface area contributed by atoms with Crippen LogP contribution in [-0.4, -0.2) is 12.0 Å². The van der Waals surface area contributed by atoms with Crippen LogP contribution in [0.15, 0.2) is 24.0 Å². The molecule has 0 aliphatic carbocycles. The van der Waals surface area contributed by atoms with Gasteiger partial charge in [0.05, 0.1) is 6.26 Å². The van der Waals surface area contributed by atoms with E-state index in [9.17, 15) is 4.79 Å². The minimum atomic E-state index is -0.546. The lowest BCUT2D eigenvalue weighted by molar-refractivity contribution is -0.124. The van der Waals surface area contributed by atoms with Crippen molar-refractivity contribution < 1.29 is 9.53 Å². The molecule has 0 fully saturated rings. The van der Waals surface area contributed by atoms with E-state index < -0.39 is 12.0 Å². The fourth-order valence-corrected chi connectivity index (χ4v) is 1.21. The summed E-state index contributed by atoms with van der Waals surface area (Å²) in [4.78, 5) is 10.9. The van der Waals surface area contributed by atoms with Crippen molar-refractivity contribution in [2.24, 2.45) is 5.73 Å². The summed E-state index contributed by atoms with van der Waals surface area (Å²) >= 11 is 0. The first-order chi connectivity index (χ1) is 5.75. The van der Waals surface area contributed by atoms with Gasteiger partial charge in [0.25, 0.3) is 5.91 Å². The zero-order chi connectivity index (χ0) is 8.97. The maximum Gasteiger partial charge on any atom is 0.262 e. The maximum atomic E-state index is 10.9. The van der Waals surface area contributed by atoms with Gasteiger partial charge in [-0.3, -0.25) is 4.79 Å². The zero-order valence-electron chi connectivity index (χ0n) is 7.12. The Kier molecular flexibility index (Phi) is 2.91. The zero-order valence-corrected chi connectivity index (χ0v) is 7.12. The average molecular weight is 167 g/mol. The molecule has 1 aliphatic rings. The van der Waals surface area contributed by atoms with Crippen molar-refractivity contribution in [3.8, 4) is 0 Å². The number of ether oxygens (including phenoxy) is 1. The summed E-state index contributed by atoms with van der Waals surface area (Å²) in [6, 6.07) is 0. The molecule has 3 heteroatoms. The van der Waals surface area contributed by atoms with Gasteiger partial charge in [-0.05, 0) is 18.1 Å². The van der Waals surface area contributed by atoms with Gasteiger partial charge in [0.2, 0.25) is 0 Å². The van der Waals surface area contributed by atoms with Crippen molar-refractivity contribution >= 4 is 5.91 Å². The van der Waals surface area contributed by atoms with Crippen LogP contribution >= 0.6 is 0 Å². The molecular weight excluding hydrogens is 154 g/mol. The highest BCUT2D eigenvalue weighted by Gasteiger charge is 2.21. The van der Waals surface area contributed by atoms with Crippen molar-refractivity contribution in [3.05, 3.63) is 24.0 Å². The number of carbonyl (C=O) groups is 1. The Morgan fingerprint density at radius 1 is 1.75 bits per heavy atom. The molecule has 0 radical (unpaired) electrons. The van der Waals surface area contributed by atoms with Crippen LogP contribution in [0.5, 0.6) is 0 Å². The van der Waals surface area contributed by atoms with Crippen molar-refractivity contribution in [2.45, 2.75) is 25.9 Å². The van der Waals surface area contributed by atoms with E-state index in [-0.39, 0.29) is 0 Å². The second-order valence-electron chi connectivity index (χ2n) is 2.74. The summed E-state index contributed by atoms with van der Waals surface area (Å²) in [5, 5.41) is 0. The Balaban J connectivity index is 2.69. The predicted octanol–water partition coefficient (Wildman–Crippen LogP) is 1.11. The van der Waals surface area contributed by atoms with Gasteiger partial charge in [-0.2, -0.15) is 0 Å². The number of hydrogen-bond donors (Lipinski definition) is 1. The minimum absolute atomic E-state index is 0.418. The van der Waals surface area contributed by atoms with Crippen LogP contribution in [0.2, 0.25) is 0 Å². The molecule has 2 N–H and O–H groups in total. The lowest BCUT2D eigenvalue weighted by atomic mass is 10.0. The summed E-state index contributed by atoms with van der Waals surface area (Å²) < 4.78 is 5.08. The Bertz CT molecular complexity index is 231. The molecule has 0 bridgehead atoms. The Morgan fingerprint density at radius 3 is 3.08 bits per heavy atom. The molecular formula is C9H13NO2. The largest absolute Gasteiger partial charge is 0.484 e. The number of allylic oxidation sites excluding steroid dienone is 2. The molecule has 12 heavy (non-hydrogen) atoms. The molecule has 1 aliphatic heterocycles. The van der Waals surface area contributed by atoms with E-state index in [1.807, 2.05) is 6.08 Å². The standard InChI is InChI=1S/C9H13NO2/c1-2-4-7-5-3-6-12-8(7)9(10)11/h3,5-6,8H,2,4H2,1H3,(H2,10,11). The maximum absolute atomic E-state index is 10.9. The van der Waals surface area contributed by atoms with Gasteiger partial charge >= 0.3 is 0 Å². The van der Waals surface area contributed by atoms with Crippen LogP contribution in [-0.2, 0) is 9.53 Å². The number of hydrogen-bond acceptors (Lipinski definition) is 2. The molecule has 1 atom stereocenters. The quantitative estimate of drug-likeness (QED) is 0.684. The van der Waals surface area contributed by atoms with E-state index in [1.54, 1.807) is 6.08 Å². The topological polar surface area (TPSA) is 52.3 Å². The van der Waals surface area contributed by atoms with E-state index in [0.29, 0.717) is 0 Å². The summed E-state index contributed by atoms with van der Waals surface area (Å²) in [6.07, 6.45) is 6.47. The number of carbonyl (C=O) groups excluding carboxylic acids is 1. The fourth-order valence-electron chi connectivity index (χ4n) is 1.21. The Morgan fingerprint density at radius 2 is 2.50 bits per heavy atom. The molecule has 3 nitrogen and oxygen atoms in total. The third-order valence-corrected chi connectivity index (χ3v) is 1.74. The lowest BCUT2D eigenvalue weighted by Crippen LogP contribution is -2.32. The number of primary amides is 1. The first-order valence-corrected chi connectivity index (χ1v) is 4.06. The molecule has 0 aromatic rings. The van der Waals surface area contributed by atoms with Crippen LogP contribution in [0.1, 0.15) is 19.8 Å². The third-order valence-electron chi connectivity index (χ3n) is 1.74. The molecule has 66 valence electrons. The highest BCUT2D eigenvalue weighted by Crippen LogP contribution is 2.17. The highest BCUT2D eigenvalue weighted by atomic mass is 16.5. The van der Waals surface area contributed by atoms with Crippen LogP contribution < -0.4 is 5.73 Å². The Hall–Kier alpha value is -1.25.